The van der Waals surface area contributed by atoms with Gasteiger partial charge in [-0.1, -0.05) is 32.3 Å². The first kappa shape index (κ1) is 25.1. The molecule has 8 heteroatoms. The number of amides is 2. The zero-order valence-electron chi connectivity index (χ0n) is 20.9. The first-order valence-electron chi connectivity index (χ1n) is 12.6. The van der Waals surface area contributed by atoms with E-state index in [0.717, 1.165) is 36.8 Å². The number of likely N-dealkylation sites (N-methyl/N-ethyl adjacent to an activating group) is 1. The number of fused-ring (bicyclic) bond motifs is 1. The number of carbonyl (C=O) groups excluding carboxylic acids is 2. The molecule has 1 N–H and O–H groups in total. The molecule has 1 aliphatic carbocycles. The lowest BCUT2D eigenvalue weighted by Crippen LogP contribution is -2.51. The Balaban J connectivity index is 1.64. The van der Waals surface area contributed by atoms with Crippen molar-refractivity contribution in [1.82, 2.24) is 19.8 Å². The number of aliphatic hydroxyl groups excluding tert-OH is 1. The van der Waals surface area contributed by atoms with Crippen molar-refractivity contribution in [1.29, 1.82) is 0 Å². The largest absolute Gasteiger partial charge is 0.472 e. The molecule has 0 aromatic carbocycles. The summed E-state index contributed by atoms with van der Waals surface area (Å²) in [5.41, 5.74) is 1.96. The second-order valence-corrected chi connectivity index (χ2v) is 9.99. The monoisotopic (exact) mass is 480 g/mol. The predicted octanol–water partition coefficient (Wildman–Crippen LogP) is 3.40. The van der Waals surface area contributed by atoms with E-state index in [2.05, 4.69) is 9.97 Å². The molecule has 2 amide bonds. The first-order valence-corrected chi connectivity index (χ1v) is 12.6. The van der Waals surface area contributed by atoms with Gasteiger partial charge in [0.2, 0.25) is 11.8 Å². The molecule has 3 heterocycles. The van der Waals surface area contributed by atoms with Crippen LogP contribution in [-0.4, -0.2) is 75.6 Å². The SMILES string of the molecule is C[C@@H]1CN([C@H](C)CO)C(=O)c2cc(-c3cccnc3)cnc2O[C@H]1CN(C)C(=O)C1CCCCC1. The number of rotatable bonds is 6. The van der Waals surface area contributed by atoms with Crippen LogP contribution in [0.25, 0.3) is 11.1 Å². The molecule has 8 nitrogen and oxygen atoms in total. The highest BCUT2D eigenvalue weighted by atomic mass is 16.5. The topological polar surface area (TPSA) is 95.9 Å². The summed E-state index contributed by atoms with van der Waals surface area (Å²) in [4.78, 5) is 38.8. The number of nitrogens with zero attached hydrogens (tertiary/aromatic N) is 4. The molecule has 0 bridgehead atoms. The Morgan fingerprint density at radius 3 is 2.71 bits per heavy atom. The fraction of sp³-hybridized carbons (Fsp3) is 0.556. The second-order valence-electron chi connectivity index (χ2n) is 9.99. The van der Waals surface area contributed by atoms with Gasteiger partial charge in [-0.05, 0) is 31.9 Å². The highest BCUT2D eigenvalue weighted by Crippen LogP contribution is 2.31. The van der Waals surface area contributed by atoms with Crippen molar-refractivity contribution in [2.75, 3.05) is 26.7 Å². The standard InChI is InChI=1S/C27H36N4O4/c1-18-15-31(19(2)17-32)27(34)23-12-22(21-10-7-11-28-13-21)14-29-25(23)35-24(18)16-30(3)26(33)20-8-5-4-6-9-20/h7,10-14,18-20,24,32H,4-6,8-9,15-17H2,1-3H3/t18-,19-,24+/m1/s1. The number of hydrogen-bond donors (Lipinski definition) is 1. The number of hydrogen-bond acceptors (Lipinski definition) is 6. The number of carbonyl (C=O) groups is 2. The van der Waals surface area contributed by atoms with Gasteiger partial charge in [-0.3, -0.25) is 14.6 Å². The second kappa shape index (κ2) is 11.2. The van der Waals surface area contributed by atoms with Crippen LogP contribution in [0.3, 0.4) is 0 Å². The molecule has 2 aromatic rings. The van der Waals surface area contributed by atoms with Crippen LogP contribution in [0.4, 0.5) is 0 Å². The molecule has 4 rings (SSSR count). The van der Waals surface area contributed by atoms with Crippen LogP contribution in [0.15, 0.2) is 36.8 Å². The van der Waals surface area contributed by atoms with E-state index in [0.29, 0.717) is 18.7 Å². The van der Waals surface area contributed by atoms with Gasteiger partial charge in [0.05, 0.1) is 19.2 Å². The van der Waals surface area contributed by atoms with Crippen LogP contribution in [0.2, 0.25) is 0 Å². The summed E-state index contributed by atoms with van der Waals surface area (Å²) < 4.78 is 6.35. The molecule has 1 saturated carbocycles. The summed E-state index contributed by atoms with van der Waals surface area (Å²) in [5, 5.41) is 9.86. The van der Waals surface area contributed by atoms with Gasteiger partial charge in [0.1, 0.15) is 11.7 Å². The average molecular weight is 481 g/mol. The molecule has 0 saturated heterocycles. The lowest BCUT2D eigenvalue weighted by atomic mass is 9.88. The van der Waals surface area contributed by atoms with E-state index < -0.39 is 0 Å². The van der Waals surface area contributed by atoms with Crippen LogP contribution < -0.4 is 4.74 Å². The number of aromatic nitrogens is 2. The molecule has 188 valence electrons. The molecular formula is C27H36N4O4. The smallest absolute Gasteiger partial charge is 0.259 e. The maximum absolute atomic E-state index is 13.6. The minimum atomic E-state index is -0.361. The summed E-state index contributed by atoms with van der Waals surface area (Å²) in [5.74, 6) is 0.212. The molecule has 1 fully saturated rings. The maximum atomic E-state index is 13.6. The van der Waals surface area contributed by atoms with Gasteiger partial charge in [0, 0.05) is 55.1 Å². The summed E-state index contributed by atoms with van der Waals surface area (Å²) in [6, 6.07) is 5.17. The molecule has 1 aliphatic heterocycles. The van der Waals surface area contributed by atoms with Crippen molar-refractivity contribution < 1.29 is 19.4 Å². The van der Waals surface area contributed by atoms with E-state index in [-0.39, 0.29) is 48.3 Å². The maximum Gasteiger partial charge on any atom is 0.259 e. The van der Waals surface area contributed by atoms with E-state index in [1.807, 2.05) is 33.0 Å². The number of pyridine rings is 2. The summed E-state index contributed by atoms with van der Waals surface area (Å²) >= 11 is 0. The van der Waals surface area contributed by atoms with E-state index in [1.165, 1.54) is 6.42 Å². The van der Waals surface area contributed by atoms with Gasteiger partial charge in [0.25, 0.3) is 5.91 Å². The van der Waals surface area contributed by atoms with Crippen LogP contribution in [-0.2, 0) is 4.79 Å². The Kier molecular flexibility index (Phi) is 8.00. The van der Waals surface area contributed by atoms with Crippen LogP contribution >= 0.6 is 0 Å². The Bertz CT molecular complexity index is 1030. The Hall–Kier alpha value is -3.00. The van der Waals surface area contributed by atoms with Gasteiger partial charge < -0.3 is 19.6 Å². The molecule has 2 aromatic heterocycles. The third-order valence-electron chi connectivity index (χ3n) is 7.30. The lowest BCUT2D eigenvalue weighted by molar-refractivity contribution is -0.136. The predicted molar refractivity (Wildman–Crippen MR) is 133 cm³/mol. The van der Waals surface area contributed by atoms with Crippen molar-refractivity contribution in [3.63, 3.8) is 0 Å². The third kappa shape index (κ3) is 5.64. The molecule has 35 heavy (non-hydrogen) atoms. The van der Waals surface area contributed by atoms with E-state index in [4.69, 9.17) is 4.74 Å². The lowest BCUT2D eigenvalue weighted by Gasteiger charge is -2.38. The van der Waals surface area contributed by atoms with Crippen molar-refractivity contribution in [3.8, 4) is 17.0 Å². The number of ether oxygens (including phenoxy) is 1. The Labute approximate surface area is 207 Å². The minimum Gasteiger partial charge on any atom is -0.472 e. The quantitative estimate of drug-likeness (QED) is 0.681. The van der Waals surface area contributed by atoms with Gasteiger partial charge in [-0.2, -0.15) is 0 Å². The van der Waals surface area contributed by atoms with Crippen LogP contribution in [0.1, 0.15) is 56.3 Å². The van der Waals surface area contributed by atoms with Gasteiger partial charge in [-0.15, -0.1) is 0 Å². The zero-order chi connectivity index (χ0) is 24.9. The van der Waals surface area contributed by atoms with Crippen molar-refractivity contribution in [2.24, 2.45) is 11.8 Å². The molecule has 0 spiro atoms. The van der Waals surface area contributed by atoms with Crippen molar-refractivity contribution in [3.05, 3.63) is 42.4 Å². The Morgan fingerprint density at radius 1 is 1.26 bits per heavy atom. The van der Waals surface area contributed by atoms with Gasteiger partial charge >= 0.3 is 0 Å². The minimum absolute atomic E-state index is 0.0671. The number of aliphatic hydroxyl groups is 1. The first-order chi connectivity index (χ1) is 16.9. The normalized spacial score (nSPS) is 21.9. The zero-order valence-corrected chi connectivity index (χ0v) is 20.9. The molecule has 0 unspecified atom stereocenters. The molecule has 2 aliphatic rings. The molecule has 3 atom stereocenters. The highest BCUT2D eigenvalue weighted by Gasteiger charge is 2.35. The highest BCUT2D eigenvalue weighted by molar-refractivity contribution is 5.98. The molecular weight excluding hydrogens is 444 g/mol. The summed E-state index contributed by atoms with van der Waals surface area (Å²) in [6.45, 7) is 4.53. The van der Waals surface area contributed by atoms with Gasteiger partial charge in [-0.25, -0.2) is 4.98 Å². The Morgan fingerprint density at radius 2 is 2.03 bits per heavy atom. The van der Waals surface area contributed by atoms with Crippen molar-refractivity contribution in [2.45, 2.75) is 58.1 Å². The third-order valence-corrected chi connectivity index (χ3v) is 7.30. The van der Waals surface area contributed by atoms with Crippen LogP contribution in [0, 0.1) is 11.8 Å². The van der Waals surface area contributed by atoms with E-state index in [1.54, 1.807) is 34.5 Å². The molecule has 0 radical (unpaired) electrons. The fourth-order valence-corrected chi connectivity index (χ4v) is 5.03. The summed E-state index contributed by atoms with van der Waals surface area (Å²) in [6.07, 6.45) is 10.1. The van der Waals surface area contributed by atoms with E-state index >= 15 is 0 Å². The van der Waals surface area contributed by atoms with E-state index in [9.17, 15) is 14.7 Å². The average Bonchev–Trinajstić information content (AvgIpc) is 2.90. The van der Waals surface area contributed by atoms with Crippen molar-refractivity contribution >= 4 is 11.8 Å². The summed E-state index contributed by atoms with van der Waals surface area (Å²) in [7, 11) is 1.84. The van der Waals surface area contributed by atoms with Gasteiger partial charge in [0.15, 0.2) is 0 Å². The van der Waals surface area contributed by atoms with Crippen LogP contribution in [0.5, 0.6) is 5.88 Å². The fourth-order valence-electron chi connectivity index (χ4n) is 5.03.